The van der Waals surface area contributed by atoms with Crippen LogP contribution in [-0.4, -0.2) is 31.9 Å². The van der Waals surface area contributed by atoms with Gasteiger partial charge in [0, 0.05) is 25.7 Å². The highest BCUT2D eigenvalue weighted by Gasteiger charge is 2.31. The molecule has 1 saturated heterocycles. The largest absolute Gasteiger partial charge is 0.488 e. The highest BCUT2D eigenvalue weighted by atomic mass is 16.5. The summed E-state index contributed by atoms with van der Waals surface area (Å²) in [6, 6.07) is 8.89. The number of benzene rings is 1. The number of hydrogen-bond donors (Lipinski definition) is 1. The normalized spacial score (nSPS) is 24.1. The molecule has 0 aromatic heterocycles. The lowest BCUT2D eigenvalue weighted by Crippen LogP contribution is -2.44. The summed E-state index contributed by atoms with van der Waals surface area (Å²) in [5.74, 6) is 1.85. The maximum Gasteiger partial charge on any atom is 0.123 e. The fourth-order valence-corrected chi connectivity index (χ4v) is 3.40. The molecule has 0 amide bonds. The maximum atomic E-state index is 6.17. The van der Waals surface area contributed by atoms with E-state index in [1.807, 2.05) is 0 Å². The molecule has 2 aliphatic rings. The number of fused-ring (bicyclic) bond motifs is 1. The van der Waals surface area contributed by atoms with Crippen molar-refractivity contribution in [2.75, 3.05) is 19.8 Å². The lowest BCUT2D eigenvalue weighted by Gasteiger charge is -2.30. The van der Waals surface area contributed by atoms with Crippen LogP contribution < -0.4 is 10.1 Å². The van der Waals surface area contributed by atoms with Crippen LogP contribution in [0, 0.1) is 5.92 Å². The highest BCUT2D eigenvalue weighted by Crippen LogP contribution is 2.32. The standard InChI is InChI=1S/C17H25NO2/c1-2-18-15(11-13-7-9-19-10-8-13)17-12-14-5-3-4-6-16(14)20-17/h3-6,13,15,17-18H,2,7-12H2,1H3. The molecular weight excluding hydrogens is 250 g/mol. The quantitative estimate of drug-likeness (QED) is 0.896. The summed E-state index contributed by atoms with van der Waals surface area (Å²) in [7, 11) is 0. The molecule has 2 atom stereocenters. The van der Waals surface area contributed by atoms with Crippen LogP contribution in [0.1, 0.15) is 31.7 Å². The Labute approximate surface area is 121 Å². The molecule has 110 valence electrons. The van der Waals surface area contributed by atoms with E-state index in [9.17, 15) is 0 Å². The van der Waals surface area contributed by atoms with Crippen LogP contribution in [0.15, 0.2) is 24.3 Å². The molecule has 3 rings (SSSR count). The molecule has 3 heteroatoms. The van der Waals surface area contributed by atoms with Gasteiger partial charge in [-0.1, -0.05) is 25.1 Å². The zero-order valence-electron chi connectivity index (χ0n) is 12.3. The minimum atomic E-state index is 0.287. The van der Waals surface area contributed by atoms with Crippen LogP contribution in [0.2, 0.25) is 0 Å². The van der Waals surface area contributed by atoms with Crippen molar-refractivity contribution >= 4 is 0 Å². The molecule has 0 saturated carbocycles. The van der Waals surface area contributed by atoms with Gasteiger partial charge in [-0.2, -0.15) is 0 Å². The van der Waals surface area contributed by atoms with Crippen molar-refractivity contribution in [3.8, 4) is 5.75 Å². The van der Waals surface area contributed by atoms with Gasteiger partial charge < -0.3 is 14.8 Å². The molecule has 3 nitrogen and oxygen atoms in total. The van der Waals surface area contributed by atoms with Gasteiger partial charge in [-0.3, -0.25) is 0 Å². The van der Waals surface area contributed by atoms with Crippen LogP contribution in [0.5, 0.6) is 5.75 Å². The molecule has 2 unspecified atom stereocenters. The van der Waals surface area contributed by atoms with Crippen molar-refractivity contribution in [2.45, 2.75) is 44.8 Å². The Morgan fingerprint density at radius 2 is 2.05 bits per heavy atom. The van der Waals surface area contributed by atoms with Gasteiger partial charge in [0.05, 0.1) is 0 Å². The zero-order valence-corrected chi connectivity index (χ0v) is 12.3. The molecule has 1 aromatic carbocycles. The Morgan fingerprint density at radius 3 is 2.80 bits per heavy atom. The molecular formula is C17H25NO2. The molecule has 1 N–H and O–H groups in total. The molecule has 0 radical (unpaired) electrons. The number of likely N-dealkylation sites (N-methyl/N-ethyl adjacent to an activating group) is 1. The second kappa shape index (κ2) is 6.59. The van der Waals surface area contributed by atoms with Crippen LogP contribution in [0.4, 0.5) is 0 Å². The number of hydrogen-bond acceptors (Lipinski definition) is 3. The van der Waals surface area contributed by atoms with E-state index in [1.165, 1.54) is 24.8 Å². The highest BCUT2D eigenvalue weighted by molar-refractivity contribution is 5.37. The molecule has 2 heterocycles. The Kier molecular flexibility index (Phi) is 4.58. The first-order valence-electron chi connectivity index (χ1n) is 7.92. The minimum absolute atomic E-state index is 0.287. The number of nitrogens with one attached hydrogen (secondary N) is 1. The number of ether oxygens (including phenoxy) is 2. The summed E-state index contributed by atoms with van der Waals surface area (Å²) in [5, 5.41) is 3.64. The van der Waals surface area contributed by atoms with Crippen LogP contribution in [0.3, 0.4) is 0 Å². The van der Waals surface area contributed by atoms with Crippen molar-refractivity contribution in [3.05, 3.63) is 29.8 Å². The summed E-state index contributed by atoms with van der Waals surface area (Å²) in [6.45, 7) is 5.04. The number of para-hydroxylation sites is 1. The SMILES string of the molecule is CCNC(CC1CCOCC1)C1Cc2ccccc2O1. The fourth-order valence-electron chi connectivity index (χ4n) is 3.40. The van der Waals surface area contributed by atoms with Gasteiger partial charge >= 0.3 is 0 Å². The van der Waals surface area contributed by atoms with Crippen molar-refractivity contribution in [3.63, 3.8) is 0 Å². The Bertz CT molecular complexity index is 404. The smallest absolute Gasteiger partial charge is 0.123 e. The first-order valence-corrected chi connectivity index (χ1v) is 7.92. The third kappa shape index (κ3) is 3.15. The van der Waals surface area contributed by atoms with Crippen LogP contribution in [0.25, 0.3) is 0 Å². The van der Waals surface area contributed by atoms with E-state index >= 15 is 0 Å². The maximum absolute atomic E-state index is 6.17. The molecule has 1 aromatic rings. The fraction of sp³-hybridized carbons (Fsp3) is 0.647. The van der Waals surface area contributed by atoms with Gasteiger partial charge in [-0.25, -0.2) is 0 Å². The monoisotopic (exact) mass is 275 g/mol. The van der Waals surface area contributed by atoms with Crippen LogP contribution in [-0.2, 0) is 11.2 Å². The van der Waals surface area contributed by atoms with Gasteiger partial charge in [0.1, 0.15) is 11.9 Å². The first kappa shape index (κ1) is 13.9. The number of rotatable bonds is 5. The summed E-state index contributed by atoms with van der Waals surface area (Å²) in [5.41, 5.74) is 1.35. The summed E-state index contributed by atoms with van der Waals surface area (Å²) >= 11 is 0. The van der Waals surface area contributed by atoms with E-state index in [1.54, 1.807) is 0 Å². The topological polar surface area (TPSA) is 30.5 Å². The lowest BCUT2D eigenvalue weighted by molar-refractivity contribution is 0.0533. The molecule has 0 spiro atoms. The van der Waals surface area contributed by atoms with E-state index < -0.39 is 0 Å². The predicted octanol–water partition coefficient (Wildman–Crippen LogP) is 2.78. The zero-order chi connectivity index (χ0) is 13.8. The summed E-state index contributed by atoms with van der Waals surface area (Å²) in [4.78, 5) is 0. The third-order valence-electron chi connectivity index (χ3n) is 4.52. The Morgan fingerprint density at radius 1 is 1.25 bits per heavy atom. The average molecular weight is 275 g/mol. The van der Waals surface area contributed by atoms with E-state index in [-0.39, 0.29) is 6.10 Å². The van der Waals surface area contributed by atoms with Crippen LogP contribution >= 0.6 is 0 Å². The van der Waals surface area contributed by atoms with Gasteiger partial charge in [-0.15, -0.1) is 0 Å². The van der Waals surface area contributed by atoms with E-state index in [2.05, 4.69) is 36.5 Å². The molecule has 1 fully saturated rings. The van der Waals surface area contributed by atoms with Crippen molar-refractivity contribution in [1.82, 2.24) is 5.32 Å². The summed E-state index contributed by atoms with van der Waals surface area (Å²) < 4.78 is 11.6. The van der Waals surface area contributed by atoms with E-state index in [0.717, 1.165) is 37.8 Å². The van der Waals surface area contributed by atoms with Gasteiger partial charge in [0.15, 0.2) is 0 Å². The van der Waals surface area contributed by atoms with Gasteiger partial charge in [0.2, 0.25) is 0 Å². The molecule has 2 aliphatic heterocycles. The van der Waals surface area contributed by atoms with Crippen molar-refractivity contribution in [2.24, 2.45) is 5.92 Å². The average Bonchev–Trinajstić information content (AvgIpc) is 2.92. The lowest BCUT2D eigenvalue weighted by atomic mass is 9.89. The Balaban J connectivity index is 1.62. The second-order valence-corrected chi connectivity index (χ2v) is 5.92. The van der Waals surface area contributed by atoms with Crippen molar-refractivity contribution < 1.29 is 9.47 Å². The third-order valence-corrected chi connectivity index (χ3v) is 4.52. The second-order valence-electron chi connectivity index (χ2n) is 5.92. The van der Waals surface area contributed by atoms with E-state index in [4.69, 9.17) is 9.47 Å². The minimum Gasteiger partial charge on any atom is -0.488 e. The predicted molar refractivity (Wildman–Crippen MR) is 80.2 cm³/mol. The van der Waals surface area contributed by atoms with Gasteiger partial charge in [-0.05, 0) is 43.4 Å². The van der Waals surface area contributed by atoms with Gasteiger partial charge in [0.25, 0.3) is 0 Å². The first-order chi connectivity index (χ1) is 9.86. The Hall–Kier alpha value is -1.06. The van der Waals surface area contributed by atoms with Crippen molar-refractivity contribution in [1.29, 1.82) is 0 Å². The summed E-state index contributed by atoms with van der Waals surface area (Å²) in [6.07, 6.45) is 4.92. The molecule has 0 bridgehead atoms. The molecule has 20 heavy (non-hydrogen) atoms. The molecule has 0 aliphatic carbocycles. The van der Waals surface area contributed by atoms with E-state index in [0.29, 0.717) is 6.04 Å².